The monoisotopic (exact) mass is 485 g/mol. The van der Waals surface area contributed by atoms with E-state index >= 15 is 0 Å². The van der Waals surface area contributed by atoms with E-state index in [0.717, 1.165) is 22.3 Å². The number of fused-ring (bicyclic) bond motifs is 3. The van der Waals surface area contributed by atoms with Crippen molar-refractivity contribution in [1.29, 1.82) is 0 Å². The second-order valence-electron chi connectivity index (χ2n) is 8.48. The summed E-state index contributed by atoms with van der Waals surface area (Å²) in [5.74, 6) is -2.10. The Hall–Kier alpha value is -3.47. The highest BCUT2D eigenvalue weighted by Crippen LogP contribution is 2.44. The van der Waals surface area contributed by atoms with Crippen molar-refractivity contribution in [2.45, 2.75) is 24.5 Å². The van der Waals surface area contributed by atoms with Crippen molar-refractivity contribution in [1.82, 2.24) is 15.7 Å². The van der Waals surface area contributed by atoms with Gasteiger partial charge in [-0.15, -0.1) is 0 Å². The first-order chi connectivity index (χ1) is 16.8. The Morgan fingerprint density at radius 1 is 1.03 bits per heavy atom. The molecular formula is C25H31N3O7. The number of alkyl carbamates (subject to hydrolysis) is 1. The summed E-state index contributed by atoms with van der Waals surface area (Å²) in [4.78, 5) is 43.3. The summed E-state index contributed by atoms with van der Waals surface area (Å²) >= 11 is 0. The molecule has 2 atom stereocenters. The summed E-state index contributed by atoms with van der Waals surface area (Å²) in [7, 11) is 4.98. The number of hydroxylamine groups is 1. The Balaban J connectivity index is 1.62. The SMILES string of the molecule is COCC(ONC(=O)C(CCN(C)C)NC(=O)OCC1c2ccccc2-c2ccccc21)C(=O)O. The number of carboxylic acid groups (broad SMARTS) is 1. The summed E-state index contributed by atoms with van der Waals surface area (Å²) in [6.45, 7) is 0.341. The summed E-state index contributed by atoms with van der Waals surface area (Å²) < 4.78 is 10.3. The third-order valence-corrected chi connectivity index (χ3v) is 5.71. The van der Waals surface area contributed by atoms with Crippen LogP contribution in [0.4, 0.5) is 4.79 Å². The number of carbonyl (C=O) groups is 3. The number of carbonyl (C=O) groups excluding carboxylic acids is 2. The van der Waals surface area contributed by atoms with E-state index in [1.54, 1.807) is 0 Å². The number of amides is 2. The van der Waals surface area contributed by atoms with E-state index in [1.165, 1.54) is 7.11 Å². The van der Waals surface area contributed by atoms with Crippen LogP contribution < -0.4 is 10.8 Å². The maximum atomic E-state index is 12.7. The first kappa shape index (κ1) is 26.1. The molecular weight excluding hydrogens is 454 g/mol. The van der Waals surface area contributed by atoms with Crippen LogP contribution in [-0.4, -0.2) is 81.1 Å². The van der Waals surface area contributed by atoms with E-state index in [4.69, 9.17) is 19.4 Å². The Morgan fingerprint density at radius 3 is 2.17 bits per heavy atom. The maximum Gasteiger partial charge on any atom is 0.407 e. The normalized spacial score (nSPS) is 14.1. The summed E-state index contributed by atoms with van der Waals surface area (Å²) in [6, 6.07) is 15.0. The van der Waals surface area contributed by atoms with Gasteiger partial charge in [0.25, 0.3) is 5.91 Å². The molecule has 0 saturated carbocycles. The van der Waals surface area contributed by atoms with Gasteiger partial charge in [-0.3, -0.25) is 9.63 Å². The lowest BCUT2D eigenvalue weighted by Gasteiger charge is -2.22. The Kier molecular flexibility index (Phi) is 9.18. The predicted molar refractivity (Wildman–Crippen MR) is 128 cm³/mol. The van der Waals surface area contributed by atoms with Crippen molar-refractivity contribution in [3.05, 3.63) is 59.7 Å². The van der Waals surface area contributed by atoms with E-state index in [2.05, 4.69) is 10.8 Å². The van der Waals surface area contributed by atoms with Crippen LogP contribution in [0.1, 0.15) is 23.5 Å². The number of methoxy groups -OCH3 is 1. The number of aliphatic carboxylic acids is 1. The molecule has 0 heterocycles. The molecule has 0 aromatic heterocycles. The molecule has 0 spiro atoms. The molecule has 1 aliphatic rings. The Labute approximate surface area is 204 Å². The van der Waals surface area contributed by atoms with Crippen LogP contribution in [-0.2, 0) is 23.9 Å². The lowest BCUT2D eigenvalue weighted by atomic mass is 9.98. The third kappa shape index (κ3) is 6.78. The number of rotatable bonds is 12. The highest BCUT2D eigenvalue weighted by atomic mass is 16.7. The number of hydrogen-bond donors (Lipinski definition) is 3. The van der Waals surface area contributed by atoms with Gasteiger partial charge in [0.05, 0.1) is 6.61 Å². The Bertz CT molecular complexity index is 998. The van der Waals surface area contributed by atoms with Gasteiger partial charge >= 0.3 is 12.1 Å². The fourth-order valence-corrected chi connectivity index (χ4v) is 3.95. The van der Waals surface area contributed by atoms with Gasteiger partial charge in [-0.1, -0.05) is 48.5 Å². The van der Waals surface area contributed by atoms with Crippen molar-refractivity contribution < 1.29 is 33.8 Å². The van der Waals surface area contributed by atoms with Gasteiger partial charge in [-0.2, -0.15) is 0 Å². The van der Waals surface area contributed by atoms with Gasteiger partial charge in [0.15, 0.2) is 0 Å². The molecule has 2 amide bonds. The maximum absolute atomic E-state index is 12.7. The second-order valence-corrected chi connectivity index (χ2v) is 8.48. The number of benzene rings is 2. The zero-order chi connectivity index (χ0) is 25.4. The van der Waals surface area contributed by atoms with Crippen LogP contribution in [0, 0.1) is 0 Å². The zero-order valence-electron chi connectivity index (χ0n) is 20.0. The van der Waals surface area contributed by atoms with Crippen molar-refractivity contribution in [2.75, 3.05) is 41.0 Å². The van der Waals surface area contributed by atoms with E-state index in [0.29, 0.717) is 6.54 Å². The second kappa shape index (κ2) is 12.3. The van der Waals surface area contributed by atoms with E-state index in [1.807, 2.05) is 67.5 Å². The van der Waals surface area contributed by atoms with Crippen LogP contribution in [0.25, 0.3) is 11.1 Å². The fourth-order valence-electron chi connectivity index (χ4n) is 3.95. The molecule has 10 nitrogen and oxygen atoms in total. The molecule has 35 heavy (non-hydrogen) atoms. The summed E-state index contributed by atoms with van der Waals surface area (Å²) in [5, 5.41) is 11.7. The molecule has 188 valence electrons. The van der Waals surface area contributed by atoms with Gasteiger partial charge in [0.2, 0.25) is 6.10 Å². The van der Waals surface area contributed by atoms with E-state index < -0.39 is 30.1 Å². The molecule has 0 aliphatic heterocycles. The molecule has 0 saturated heterocycles. The minimum Gasteiger partial charge on any atom is -0.479 e. The van der Waals surface area contributed by atoms with Gasteiger partial charge < -0.3 is 24.8 Å². The molecule has 2 aromatic rings. The molecule has 10 heteroatoms. The standard InChI is InChI=1S/C25H31N3O7/c1-28(2)13-12-21(23(29)27-35-22(15-33-3)24(30)31)26-25(32)34-14-20-18-10-6-4-8-16(18)17-9-5-7-11-19(17)20/h4-11,20-22H,12-15H2,1-3H3,(H,26,32)(H,27,29)(H,30,31). The topological polar surface area (TPSA) is 126 Å². The Morgan fingerprint density at radius 2 is 1.63 bits per heavy atom. The molecule has 2 aromatic carbocycles. The van der Waals surface area contributed by atoms with E-state index in [9.17, 15) is 14.4 Å². The van der Waals surface area contributed by atoms with Crippen LogP contribution in [0.3, 0.4) is 0 Å². The highest BCUT2D eigenvalue weighted by molar-refractivity contribution is 5.85. The average Bonchev–Trinajstić information content (AvgIpc) is 3.16. The predicted octanol–water partition coefficient (Wildman–Crippen LogP) is 1.99. The minimum atomic E-state index is -1.38. The van der Waals surface area contributed by atoms with Gasteiger partial charge in [-0.25, -0.2) is 15.1 Å². The van der Waals surface area contributed by atoms with Gasteiger partial charge in [0, 0.05) is 13.0 Å². The quantitative estimate of drug-likeness (QED) is 0.390. The third-order valence-electron chi connectivity index (χ3n) is 5.71. The van der Waals surface area contributed by atoms with Gasteiger partial charge in [0.1, 0.15) is 12.6 Å². The fraction of sp³-hybridized carbons (Fsp3) is 0.400. The first-order valence-electron chi connectivity index (χ1n) is 11.2. The molecule has 0 radical (unpaired) electrons. The number of carboxylic acids is 1. The number of hydrogen-bond acceptors (Lipinski definition) is 7. The highest BCUT2D eigenvalue weighted by Gasteiger charge is 2.30. The smallest absolute Gasteiger partial charge is 0.407 e. The largest absolute Gasteiger partial charge is 0.479 e. The van der Waals surface area contributed by atoms with Crippen molar-refractivity contribution in [2.24, 2.45) is 0 Å². The van der Waals surface area contributed by atoms with Crippen LogP contribution in [0.15, 0.2) is 48.5 Å². The number of ether oxygens (including phenoxy) is 2. The van der Waals surface area contributed by atoms with Crippen LogP contribution >= 0.6 is 0 Å². The molecule has 3 N–H and O–H groups in total. The molecule has 2 unspecified atom stereocenters. The van der Waals surface area contributed by atoms with Crippen molar-refractivity contribution in [3.8, 4) is 11.1 Å². The van der Waals surface area contributed by atoms with Gasteiger partial charge in [-0.05, 0) is 49.3 Å². The average molecular weight is 486 g/mol. The minimum absolute atomic E-state index is 0.104. The summed E-state index contributed by atoms with van der Waals surface area (Å²) in [5.41, 5.74) is 6.49. The van der Waals surface area contributed by atoms with Crippen LogP contribution in [0.2, 0.25) is 0 Å². The number of nitrogens with zero attached hydrogens (tertiary/aromatic N) is 1. The van der Waals surface area contributed by atoms with Crippen molar-refractivity contribution in [3.63, 3.8) is 0 Å². The van der Waals surface area contributed by atoms with Crippen LogP contribution in [0.5, 0.6) is 0 Å². The molecule has 3 rings (SSSR count). The molecule has 1 aliphatic carbocycles. The molecule has 0 bridgehead atoms. The lowest BCUT2D eigenvalue weighted by molar-refractivity contribution is -0.165. The van der Waals surface area contributed by atoms with E-state index in [-0.39, 0.29) is 25.6 Å². The first-order valence-corrected chi connectivity index (χ1v) is 11.2. The summed E-state index contributed by atoms with van der Waals surface area (Å²) in [6.07, 6.45) is -1.88. The van der Waals surface area contributed by atoms with Crippen molar-refractivity contribution >= 4 is 18.0 Å². The number of nitrogens with one attached hydrogen (secondary N) is 2. The lowest BCUT2D eigenvalue weighted by Crippen LogP contribution is -2.50. The zero-order valence-corrected chi connectivity index (χ0v) is 20.0. The molecule has 0 fully saturated rings.